The van der Waals surface area contributed by atoms with E-state index >= 15 is 0 Å². The molecule has 0 saturated heterocycles. The summed E-state index contributed by atoms with van der Waals surface area (Å²) in [5.41, 5.74) is 0. The fourth-order valence-electron chi connectivity index (χ4n) is 0.217. The Kier molecular flexibility index (Phi) is 5.52. The summed E-state index contributed by atoms with van der Waals surface area (Å²) in [6, 6.07) is 0. The van der Waals surface area contributed by atoms with E-state index in [1.807, 2.05) is 0 Å². The van der Waals surface area contributed by atoms with Gasteiger partial charge in [0.05, 0.1) is 5.75 Å². The van der Waals surface area contributed by atoms with Crippen LogP contribution in [0, 0.1) is 0 Å². The van der Waals surface area contributed by atoms with Crippen molar-refractivity contribution in [2.24, 2.45) is 0 Å². The summed E-state index contributed by atoms with van der Waals surface area (Å²) in [5, 5.41) is 8.16. The minimum atomic E-state index is -0.846. The highest BCUT2D eigenvalue weighted by atomic mass is 33.1. The lowest BCUT2D eigenvalue weighted by Crippen LogP contribution is -1.97. The molecule has 0 bridgehead atoms. The van der Waals surface area contributed by atoms with Crippen LogP contribution in [0.5, 0.6) is 0 Å². The molecule has 0 rings (SSSR count). The van der Waals surface area contributed by atoms with E-state index in [0.717, 1.165) is 0 Å². The van der Waals surface area contributed by atoms with Gasteiger partial charge in [-0.3, -0.25) is 9.59 Å². The van der Waals surface area contributed by atoms with Crippen molar-refractivity contribution in [3.8, 4) is 0 Å². The Labute approximate surface area is 67.0 Å². The van der Waals surface area contributed by atoms with Crippen molar-refractivity contribution < 1.29 is 14.7 Å². The van der Waals surface area contributed by atoms with E-state index < -0.39 is 5.97 Å². The molecule has 1 N–H and O–H groups in total. The van der Waals surface area contributed by atoms with Crippen LogP contribution in [0.2, 0.25) is 0 Å². The molecule has 0 radical (unpaired) electrons. The van der Waals surface area contributed by atoms with E-state index in [1.54, 1.807) is 0 Å². The van der Waals surface area contributed by atoms with Gasteiger partial charge in [0.25, 0.3) is 0 Å². The van der Waals surface area contributed by atoms with E-state index in [4.69, 9.17) is 5.11 Å². The molecule has 10 heavy (non-hydrogen) atoms. The van der Waals surface area contributed by atoms with Gasteiger partial charge in [-0.15, -0.1) is 0 Å². The molecular weight excluding hydrogens is 172 g/mol. The molecule has 0 unspecified atom stereocenters. The molecule has 0 aromatic carbocycles. The Bertz CT molecular complexity index is 119. The number of ketones is 1. The van der Waals surface area contributed by atoms with Gasteiger partial charge in [-0.2, -0.15) is 0 Å². The average molecular weight is 180 g/mol. The summed E-state index contributed by atoms with van der Waals surface area (Å²) in [7, 11) is 2.46. The van der Waals surface area contributed by atoms with E-state index in [2.05, 4.69) is 0 Å². The van der Waals surface area contributed by atoms with Gasteiger partial charge >= 0.3 is 5.97 Å². The van der Waals surface area contributed by atoms with Crippen LogP contribution in [0.4, 0.5) is 0 Å². The summed E-state index contributed by atoms with van der Waals surface area (Å²) >= 11 is 0. The Balaban J connectivity index is 3.06. The van der Waals surface area contributed by atoms with Gasteiger partial charge < -0.3 is 5.11 Å². The summed E-state index contributed by atoms with van der Waals surface area (Å²) in [6.07, 6.45) is 0. The topological polar surface area (TPSA) is 54.4 Å². The van der Waals surface area contributed by atoms with Gasteiger partial charge in [-0.25, -0.2) is 0 Å². The zero-order chi connectivity index (χ0) is 7.98. The third-order valence-electron chi connectivity index (χ3n) is 0.528. The van der Waals surface area contributed by atoms with Crippen molar-refractivity contribution in [3.63, 3.8) is 0 Å². The number of carbonyl (C=O) groups excluding carboxylic acids is 1. The maximum atomic E-state index is 10.3. The Morgan fingerprint density at radius 2 is 1.80 bits per heavy atom. The molecule has 0 spiro atoms. The largest absolute Gasteiger partial charge is 0.481 e. The highest BCUT2D eigenvalue weighted by Crippen LogP contribution is 2.19. The molecule has 0 aliphatic rings. The van der Waals surface area contributed by atoms with Crippen LogP contribution in [0.3, 0.4) is 0 Å². The highest BCUT2D eigenvalue weighted by Gasteiger charge is 1.98. The van der Waals surface area contributed by atoms with Gasteiger partial charge in [-0.05, 0) is 6.92 Å². The summed E-state index contributed by atoms with van der Waals surface area (Å²) in [6.45, 7) is 1.48. The molecule has 0 aromatic heterocycles. The van der Waals surface area contributed by atoms with Gasteiger partial charge in [0, 0.05) is 0 Å². The molecule has 3 nitrogen and oxygen atoms in total. The molecule has 0 heterocycles. The zero-order valence-corrected chi connectivity index (χ0v) is 7.13. The number of carbonyl (C=O) groups is 2. The second kappa shape index (κ2) is 5.61. The minimum Gasteiger partial charge on any atom is -0.481 e. The monoisotopic (exact) mass is 180 g/mol. The van der Waals surface area contributed by atoms with Crippen LogP contribution >= 0.6 is 21.6 Å². The lowest BCUT2D eigenvalue weighted by molar-refractivity contribution is -0.133. The SMILES string of the molecule is CC(=O)CSSCC(=O)O. The predicted molar refractivity (Wildman–Crippen MR) is 43.2 cm³/mol. The van der Waals surface area contributed by atoms with Crippen molar-refractivity contribution in [2.45, 2.75) is 6.92 Å². The zero-order valence-electron chi connectivity index (χ0n) is 5.49. The Morgan fingerprint density at radius 1 is 1.30 bits per heavy atom. The van der Waals surface area contributed by atoms with Crippen molar-refractivity contribution in [1.29, 1.82) is 0 Å². The minimum absolute atomic E-state index is 0.0535. The number of rotatable bonds is 5. The number of hydrogen-bond acceptors (Lipinski definition) is 4. The molecule has 5 heteroatoms. The lowest BCUT2D eigenvalue weighted by Gasteiger charge is -1.92. The van der Waals surface area contributed by atoms with Gasteiger partial charge in [-0.1, -0.05) is 21.6 Å². The molecule has 0 atom stereocenters. The van der Waals surface area contributed by atoms with Crippen LogP contribution in [0.1, 0.15) is 6.92 Å². The van der Waals surface area contributed by atoms with E-state index in [0.29, 0.717) is 5.75 Å². The van der Waals surface area contributed by atoms with Crippen molar-refractivity contribution in [3.05, 3.63) is 0 Å². The third-order valence-corrected chi connectivity index (χ3v) is 2.79. The molecule has 0 aromatic rings. The molecular formula is C5H8O3S2. The number of carboxylic acid groups (broad SMARTS) is 1. The van der Waals surface area contributed by atoms with Crippen molar-refractivity contribution in [2.75, 3.05) is 11.5 Å². The van der Waals surface area contributed by atoms with Crippen molar-refractivity contribution >= 4 is 33.3 Å². The Morgan fingerprint density at radius 3 is 2.20 bits per heavy atom. The van der Waals surface area contributed by atoms with E-state index in [9.17, 15) is 9.59 Å². The first-order valence-corrected chi connectivity index (χ1v) is 5.07. The van der Waals surface area contributed by atoms with E-state index in [-0.39, 0.29) is 11.5 Å². The predicted octanol–water partition coefficient (Wildman–Crippen LogP) is 1.04. The molecule has 58 valence electrons. The first kappa shape index (κ1) is 9.84. The van der Waals surface area contributed by atoms with Crippen LogP contribution in [0.25, 0.3) is 0 Å². The first-order chi connectivity index (χ1) is 4.63. The van der Waals surface area contributed by atoms with Crippen LogP contribution in [-0.4, -0.2) is 28.4 Å². The number of hydrogen-bond donors (Lipinski definition) is 1. The molecule has 0 aliphatic heterocycles. The first-order valence-electron chi connectivity index (χ1n) is 2.58. The maximum absolute atomic E-state index is 10.3. The van der Waals surface area contributed by atoms with E-state index in [1.165, 1.54) is 28.5 Å². The quantitative estimate of drug-likeness (QED) is 0.506. The normalized spacial score (nSPS) is 9.30. The molecule has 0 fully saturated rings. The van der Waals surface area contributed by atoms with Gasteiger partial charge in [0.1, 0.15) is 11.5 Å². The molecule has 0 saturated carbocycles. The van der Waals surface area contributed by atoms with Gasteiger partial charge in [0.15, 0.2) is 0 Å². The maximum Gasteiger partial charge on any atom is 0.314 e. The van der Waals surface area contributed by atoms with Crippen LogP contribution in [0.15, 0.2) is 0 Å². The van der Waals surface area contributed by atoms with Crippen LogP contribution in [-0.2, 0) is 9.59 Å². The number of carboxylic acids is 1. The smallest absolute Gasteiger partial charge is 0.314 e. The molecule has 0 amide bonds. The summed E-state index contributed by atoms with van der Waals surface area (Å²) in [5.74, 6) is -0.334. The Hall–Kier alpha value is -0.160. The number of Topliss-reactive ketones (excluding diaryl/α,β-unsaturated/α-hetero) is 1. The number of aliphatic carboxylic acids is 1. The highest BCUT2D eigenvalue weighted by molar-refractivity contribution is 8.77. The summed E-state index contributed by atoms with van der Waals surface area (Å²) in [4.78, 5) is 20.2. The molecule has 0 aliphatic carbocycles. The van der Waals surface area contributed by atoms with Gasteiger partial charge in [0.2, 0.25) is 0 Å². The third kappa shape index (κ3) is 7.84. The fraction of sp³-hybridized carbons (Fsp3) is 0.600. The average Bonchev–Trinajstić information content (AvgIpc) is 1.79. The second-order valence-electron chi connectivity index (χ2n) is 1.62. The van der Waals surface area contributed by atoms with Crippen molar-refractivity contribution in [1.82, 2.24) is 0 Å². The standard InChI is InChI=1S/C5H8O3S2/c1-4(6)2-9-10-3-5(7)8/h2-3H2,1H3,(H,7,8). The lowest BCUT2D eigenvalue weighted by atomic mass is 10.5. The second-order valence-corrected chi connectivity index (χ2v) is 4.08. The fourth-order valence-corrected chi connectivity index (χ4v) is 1.95. The summed E-state index contributed by atoms with van der Waals surface area (Å²) < 4.78 is 0. The van der Waals surface area contributed by atoms with Crippen LogP contribution < -0.4 is 0 Å².